The average Bonchev–Trinajstić information content (AvgIpc) is 2.48. The van der Waals surface area contributed by atoms with Crippen LogP contribution in [0, 0.1) is 5.92 Å². The molecule has 2 heteroatoms. The van der Waals surface area contributed by atoms with Crippen LogP contribution in [-0.4, -0.2) is 26.9 Å². The molecule has 2 atom stereocenters. The van der Waals surface area contributed by atoms with Gasteiger partial charge in [-0.15, -0.1) is 0 Å². The van der Waals surface area contributed by atoms with E-state index >= 15 is 0 Å². The number of hydrogen-bond acceptors (Lipinski definition) is 2. The van der Waals surface area contributed by atoms with Crippen LogP contribution in [0.25, 0.3) is 0 Å². The lowest BCUT2D eigenvalue weighted by atomic mass is 10.5. The molecule has 0 aromatic carbocycles. The molecule has 1 aliphatic carbocycles. The van der Waals surface area contributed by atoms with Gasteiger partial charge in [0.1, 0.15) is 0 Å². The van der Waals surface area contributed by atoms with Crippen molar-refractivity contribution in [1.29, 1.82) is 0 Å². The Kier molecular flexibility index (Phi) is 1.86. The van der Waals surface area contributed by atoms with Crippen molar-refractivity contribution in [2.24, 2.45) is 5.92 Å². The first-order valence-corrected chi connectivity index (χ1v) is 2.90. The molecule has 0 heterocycles. The van der Waals surface area contributed by atoms with Crippen LogP contribution >= 0.6 is 0 Å². The molecule has 0 saturated heterocycles. The van der Waals surface area contributed by atoms with Crippen LogP contribution < -0.4 is 0 Å². The van der Waals surface area contributed by atoms with Crippen LogP contribution in [0.15, 0.2) is 0 Å². The summed E-state index contributed by atoms with van der Waals surface area (Å²) in [5, 5.41) is 0. The third-order valence-electron chi connectivity index (χ3n) is 1.54. The highest BCUT2D eigenvalue weighted by atomic mass is 16.5. The second kappa shape index (κ2) is 2.46. The molecule has 0 aliphatic heterocycles. The number of methoxy groups -OCH3 is 2. The fraction of sp³-hybridized carbons (Fsp3) is 1.00. The molecule has 0 radical (unpaired) electrons. The Balaban J connectivity index is 1.99. The minimum Gasteiger partial charge on any atom is -0.384 e. The molecule has 1 rings (SSSR count). The summed E-state index contributed by atoms with van der Waals surface area (Å²) in [6.07, 6.45) is 1.68. The predicted molar refractivity (Wildman–Crippen MR) is 30.8 cm³/mol. The molecule has 0 spiro atoms. The van der Waals surface area contributed by atoms with Gasteiger partial charge in [-0.1, -0.05) is 0 Å². The largest absolute Gasteiger partial charge is 0.384 e. The summed E-state index contributed by atoms with van der Waals surface area (Å²) in [7, 11) is 3.48. The molecule has 2 unspecified atom stereocenters. The molecular formula is C6H12O2. The quantitative estimate of drug-likeness (QED) is 0.539. The van der Waals surface area contributed by atoms with E-state index in [-0.39, 0.29) is 0 Å². The number of ether oxygens (including phenoxy) is 2. The van der Waals surface area contributed by atoms with Crippen molar-refractivity contribution in [1.82, 2.24) is 0 Å². The summed E-state index contributed by atoms with van der Waals surface area (Å²) in [5.74, 6) is 0.685. The van der Waals surface area contributed by atoms with Crippen molar-refractivity contribution in [3.63, 3.8) is 0 Å². The first-order valence-electron chi connectivity index (χ1n) is 2.90. The smallest absolute Gasteiger partial charge is 0.0626 e. The van der Waals surface area contributed by atoms with Gasteiger partial charge in [-0.2, -0.15) is 0 Å². The van der Waals surface area contributed by atoms with E-state index in [4.69, 9.17) is 9.47 Å². The van der Waals surface area contributed by atoms with Crippen molar-refractivity contribution in [3.8, 4) is 0 Å². The van der Waals surface area contributed by atoms with E-state index in [0.717, 1.165) is 6.61 Å². The predicted octanol–water partition coefficient (Wildman–Crippen LogP) is 0.668. The van der Waals surface area contributed by atoms with Gasteiger partial charge in [0.25, 0.3) is 0 Å². The van der Waals surface area contributed by atoms with Crippen LogP contribution in [0.4, 0.5) is 0 Å². The Morgan fingerprint density at radius 3 is 2.62 bits per heavy atom. The first kappa shape index (κ1) is 6.05. The van der Waals surface area contributed by atoms with Gasteiger partial charge in [0.15, 0.2) is 0 Å². The second-order valence-electron chi connectivity index (χ2n) is 2.23. The van der Waals surface area contributed by atoms with Crippen LogP contribution in [-0.2, 0) is 9.47 Å². The van der Waals surface area contributed by atoms with Crippen molar-refractivity contribution in [3.05, 3.63) is 0 Å². The molecule has 0 bridgehead atoms. The van der Waals surface area contributed by atoms with E-state index in [1.54, 1.807) is 14.2 Å². The van der Waals surface area contributed by atoms with Crippen molar-refractivity contribution in [2.75, 3.05) is 20.8 Å². The maximum Gasteiger partial charge on any atom is 0.0626 e. The molecule has 0 N–H and O–H groups in total. The van der Waals surface area contributed by atoms with Crippen LogP contribution in [0.2, 0.25) is 0 Å². The Hall–Kier alpha value is -0.0800. The lowest BCUT2D eigenvalue weighted by Crippen LogP contribution is -1.97. The fourth-order valence-corrected chi connectivity index (χ4v) is 0.898. The maximum absolute atomic E-state index is 5.05. The van der Waals surface area contributed by atoms with Gasteiger partial charge in [-0.3, -0.25) is 0 Å². The lowest BCUT2D eigenvalue weighted by molar-refractivity contribution is 0.129. The SMILES string of the molecule is COCC1CC1OC. The third kappa shape index (κ3) is 1.20. The van der Waals surface area contributed by atoms with E-state index in [1.807, 2.05) is 0 Å². The number of hydrogen-bond donors (Lipinski definition) is 0. The Bertz CT molecular complexity index is 72.9. The van der Waals surface area contributed by atoms with Crippen molar-refractivity contribution in [2.45, 2.75) is 12.5 Å². The molecule has 0 aromatic heterocycles. The third-order valence-corrected chi connectivity index (χ3v) is 1.54. The fourth-order valence-electron chi connectivity index (χ4n) is 0.898. The summed E-state index contributed by atoms with van der Waals surface area (Å²) < 4.78 is 9.96. The molecule has 0 amide bonds. The monoisotopic (exact) mass is 116 g/mol. The summed E-state index contributed by atoms with van der Waals surface area (Å²) in [5.41, 5.74) is 0. The van der Waals surface area contributed by atoms with Gasteiger partial charge < -0.3 is 9.47 Å². The molecule has 2 nitrogen and oxygen atoms in total. The molecule has 0 aromatic rings. The van der Waals surface area contributed by atoms with Gasteiger partial charge in [0.05, 0.1) is 12.7 Å². The van der Waals surface area contributed by atoms with Gasteiger partial charge in [0, 0.05) is 20.1 Å². The van der Waals surface area contributed by atoms with Crippen molar-refractivity contribution >= 4 is 0 Å². The maximum atomic E-state index is 5.05. The Morgan fingerprint density at radius 1 is 1.50 bits per heavy atom. The lowest BCUT2D eigenvalue weighted by Gasteiger charge is -1.93. The normalized spacial score (nSPS) is 35.2. The Morgan fingerprint density at radius 2 is 2.25 bits per heavy atom. The number of rotatable bonds is 3. The van der Waals surface area contributed by atoms with Gasteiger partial charge in [-0.05, 0) is 6.42 Å². The van der Waals surface area contributed by atoms with E-state index in [2.05, 4.69) is 0 Å². The van der Waals surface area contributed by atoms with E-state index in [9.17, 15) is 0 Å². The highest BCUT2D eigenvalue weighted by molar-refractivity contribution is 4.86. The molecule has 48 valence electrons. The average molecular weight is 116 g/mol. The summed E-state index contributed by atoms with van der Waals surface area (Å²) in [4.78, 5) is 0. The summed E-state index contributed by atoms with van der Waals surface area (Å²) in [6.45, 7) is 0.860. The van der Waals surface area contributed by atoms with E-state index in [1.165, 1.54) is 6.42 Å². The van der Waals surface area contributed by atoms with Crippen LogP contribution in [0.5, 0.6) is 0 Å². The van der Waals surface area contributed by atoms with Crippen LogP contribution in [0.1, 0.15) is 6.42 Å². The minimum absolute atomic E-state index is 0.495. The van der Waals surface area contributed by atoms with Gasteiger partial charge in [-0.25, -0.2) is 0 Å². The summed E-state index contributed by atoms with van der Waals surface area (Å²) in [6, 6.07) is 0. The topological polar surface area (TPSA) is 18.5 Å². The standard InChI is InChI=1S/C6H12O2/c1-7-4-5-3-6(5)8-2/h5-6H,3-4H2,1-2H3. The first-order chi connectivity index (χ1) is 3.88. The van der Waals surface area contributed by atoms with E-state index in [0.29, 0.717) is 12.0 Å². The molecular weight excluding hydrogens is 104 g/mol. The van der Waals surface area contributed by atoms with Crippen molar-refractivity contribution < 1.29 is 9.47 Å². The zero-order chi connectivity index (χ0) is 5.98. The molecule has 1 aliphatic rings. The second-order valence-corrected chi connectivity index (χ2v) is 2.23. The van der Waals surface area contributed by atoms with E-state index < -0.39 is 0 Å². The van der Waals surface area contributed by atoms with Gasteiger partial charge >= 0.3 is 0 Å². The Labute approximate surface area is 49.8 Å². The van der Waals surface area contributed by atoms with Crippen LogP contribution in [0.3, 0.4) is 0 Å². The molecule has 8 heavy (non-hydrogen) atoms. The summed E-state index contributed by atoms with van der Waals surface area (Å²) >= 11 is 0. The zero-order valence-corrected chi connectivity index (χ0v) is 5.39. The zero-order valence-electron chi connectivity index (χ0n) is 5.39. The highest BCUT2D eigenvalue weighted by Crippen LogP contribution is 2.32. The minimum atomic E-state index is 0.495. The molecule has 1 saturated carbocycles. The van der Waals surface area contributed by atoms with Gasteiger partial charge in [0.2, 0.25) is 0 Å². The molecule has 1 fully saturated rings. The highest BCUT2D eigenvalue weighted by Gasteiger charge is 2.36.